The second kappa shape index (κ2) is 5.47. The molecular formula is C16H19FN2O2. The van der Waals surface area contributed by atoms with Crippen molar-refractivity contribution in [3.63, 3.8) is 0 Å². The Bertz CT molecular complexity index is 674. The molecule has 2 aromatic rings. The summed E-state index contributed by atoms with van der Waals surface area (Å²) in [6.07, 6.45) is 4.23. The quantitative estimate of drug-likeness (QED) is 0.816. The first-order chi connectivity index (χ1) is 10.1. The van der Waals surface area contributed by atoms with Crippen molar-refractivity contribution in [2.45, 2.75) is 31.6 Å². The second-order valence-electron chi connectivity index (χ2n) is 5.68. The maximum absolute atomic E-state index is 13.9. The molecule has 1 fully saturated rings. The van der Waals surface area contributed by atoms with Crippen LogP contribution in [0.15, 0.2) is 18.2 Å². The summed E-state index contributed by atoms with van der Waals surface area (Å²) in [5, 5.41) is 0. The zero-order valence-corrected chi connectivity index (χ0v) is 12.3. The molecule has 1 heterocycles. The molecule has 1 aromatic heterocycles. The van der Waals surface area contributed by atoms with E-state index in [1.165, 1.54) is 13.2 Å². The van der Waals surface area contributed by atoms with Crippen LogP contribution in [0.3, 0.4) is 0 Å². The number of imidazole rings is 1. The first-order valence-corrected chi connectivity index (χ1v) is 7.32. The Labute approximate surface area is 122 Å². The first kappa shape index (κ1) is 14.0. The smallest absolute Gasteiger partial charge is 0.316 e. The van der Waals surface area contributed by atoms with E-state index in [1.54, 1.807) is 6.07 Å². The highest BCUT2D eigenvalue weighted by molar-refractivity contribution is 5.81. The lowest BCUT2D eigenvalue weighted by Gasteiger charge is -2.20. The van der Waals surface area contributed by atoms with E-state index in [0.29, 0.717) is 16.9 Å². The van der Waals surface area contributed by atoms with Crippen LogP contribution in [0.4, 0.5) is 4.39 Å². The Morgan fingerprint density at radius 2 is 2.14 bits per heavy atom. The molecule has 1 saturated carbocycles. The highest BCUT2D eigenvalue weighted by atomic mass is 19.1. The zero-order valence-electron chi connectivity index (χ0n) is 12.3. The summed E-state index contributed by atoms with van der Waals surface area (Å²) in [6.45, 7) is 0. The molecule has 0 aliphatic heterocycles. The molecule has 0 bridgehead atoms. The summed E-state index contributed by atoms with van der Waals surface area (Å²) in [5.74, 6) is -0.204. The highest BCUT2D eigenvalue weighted by Crippen LogP contribution is 2.38. The monoisotopic (exact) mass is 290 g/mol. The third-order valence-corrected chi connectivity index (χ3v) is 4.50. The summed E-state index contributed by atoms with van der Waals surface area (Å²) in [5.41, 5.74) is 1.03. The molecule has 1 aliphatic carbocycles. The van der Waals surface area contributed by atoms with Crippen molar-refractivity contribution in [1.29, 1.82) is 0 Å². The molecule has 0 N–H and O–H groups in total. The number of carbonyl (C=O) groups excluding carboxylic acids is 1. The molecule has 0 radical (unpaired) electrons. The molecule has 1 aromatic carbocycles. The normalized spacial score (nSPS) is 17.3. The van der Waals surface area contributed by atoms with Gasteiger partial charge in [0.25, 0.3) is 0 Å². The fourth-order valence-electron chi connectivity index (χ4n) is 3.40. The van der Waals surface area contributed by atoms with Gasteiger partial charge in [0.05, 0.1) is 12.6 Å². The number of para-hydroxylation sites is 1. The number of ether oxygens (including phenoxy) is 1. The van der Waals surface area contributed by atoms with Gasteiger partial charge < -0.3 is 9.30 Å². The van der Waals surface area contributed by atoms with Crippen molar-refractivity contribution >= 4 is 17.0 Å². The van der Waals surface area contributed by atoms with E-state index >= 15 is 0 Å². The molecule has 0 amide bonds. The van der Waals surface area contributed by atoms with Crippen molar-refractivity contribution in [3.8, 4) is 0 Å². The van der Waals surface area contributed by atoms with Crippen LogP contribution in [0.5, 0.6) is 0 Å². The highest BCUT2D eigenvalue weighted by Gasteiger charge is 2.36. The van der Waals surface area contributed by atoms with Crippen LogP contribution < -0.4 is 0 Å². The minimum Gasteiger partial charge on any atom is -0.468 e. The molecule has 0 saturated heterocycles. The number of methoxy groups -OCH3 is 1. The number of carbonyl (C=O) groups is 1. The van der Waals surface area contributed by atoms with Crippen LogP contribution in [0.1, 0.15) is 37.4 Å². The maximum Gasteiger partial charge on any atom is 0.316 e. The van der Waals surface area contributed by atoms with E-state index in [2.05, 4.69) is 4.98 Å². The van der Waals surface area contributed by atoms with Gasteiger partial charge in [0.15, 0.2) is 5.82 Å². The second-order valence-corrected chi connectivity index (χ2v) is 5.68. The van der Waals surface area contributed by atoms with E-state index in [1.807, 2.05) is 17.7 Å². The number of nitrogens with zero attached hydrogens (tertiary/aromatic N) is 2. The van der Waals surface area contributed by atoms with E-state index in [0.717, 1.165) is 25.7 Å². The number of hydrogen-bond donors (Lipinski definition) is 0. The molecule has 5 heteroatoms. The van der Waals surface area contributed by atoms with E-state index in [-0.39, 0.29) is 17.7 Å². The summed E-state index contributed by atoms with van der Waals surface area (Å²) in [6, 6.07) is 4.87. The Morgan fingerprint density at radius 1 is 1.43 bits per heavy atom. The molecule has 1 atom stereocenters. The molecule has 3 rings (SSSR count). The van der Waals surface area contributed by atoms with Crippen molar-refractivity contribution in [1.82, 2.24) is 9.55 Å². The van der Waals surface area contributed by atoms with Gasteiger partial charge in [-0.2, -0.15) is 0 Å². The van der Waals surface area contributed by atoms with Crippen LogP contribution in [-0.2, 0) is 16.6 Å². The van der Waals surface area contributed by atoms with Gasteiger partial charge in [-0.25, -0.2) is 9.37 Å². The predicted molar refractivity (Wildman–Crippen MR) is 77.4 cm³/mol. The van der Waals surface area contributed by atoms with E-state index in [4.69, 9.17) is 4.74 Å². The number of hydrogen-bond acceptors (Lipinski definition) is 3. The summed E-state index contributed by atoms with van der Waals surface area (Å²) in [4.78, 5) is 16.7. The zero-order chi connectivity index (χ0) is 15.0. The number of aryl methyl sites for hydroxylation is 1. The van der Waals surface area contributed by atoms with Crippen LogP contribution in [0.25, 0.3) is 11.0 Å². The Morgan fingerprint density at radius 3 is 2.76 bits per heavy atom. The Balaban J connectivity index is 2.12. The number of benzene rings is 1. The standard InChI is InChI=1S/C16H19FN2O2/c1-19-12-9-5-8-11(17)14(12)18-15(19)13(16(20)21-2)10-6-3-4-7-10/h5,8-10,13H,3-4,6-7H2,1-2H3. The Kier molecular flexibility index (Phi) is 3.66. The number of halogens is 1. The fraction of sp³-hybridized carbons (Fsp3) is 0.500. The average Bonchev–Trinajstić information content (AvgIpc) is 3.11. The summed E-state index contributed by atoms with van der Waals surface area (Å²) < 4.78 is 20.7. The lowest BCUT2D eigenvalue weighted by molar-refractivity contribution is -0.144. The third-order valence-electron chi connectivity index (χ3n) is 4.50. The molecule has 1 aliphatic rings. The van der Waals surface area contributed by atoms with Gasteiger partial charge in [-0.1, -0.05) is 18.9 Å². The Hall–Kier alpha value is -1.91. The molecular weight excluding hydrogens is 271 g/mol. The largest absolute Gasteiger partial charge is 0.468 e. The molecule has 21 heavy (non-hydrogen) atoms. The number of fused-ring (bicyclic) bond motifs is 1. The van der Waals surface area contributed by atoms with Crippen molar-refractivity contribution in [3.05, 3.63) is 29.8 Å². The lowest BCUT2D eigenvalue weighted by atomic mass is 9.90. The number of rotatable bonds is 3. The molecule has 0 spiro atoms. The lowest BCUT2D eigenvalue weighted by Crippen LogP contribution is -2.24. The van der Waals surface area contributed by atoms with Gasteiger partial charge in [-0.05, 0) is 30.9 Å². The third kappa shape index (κ3) is 2.30. The number of aromatic nitrogens is 2. The molecule has 1 unspecified atom stereocenters. The van der Waals surface area contributed by atoms with Gasteiger partial charge in [-0.15, -0.1) is 0 Å². The van der Waals surface area contributed by atoms with E-state index in [9.17, 15) is 9.18 Å². The molecule has 112 valence electrons. The average molecular weight is 290 g/mol. The summed E-state index contributed by atoms with van der Waals surface area (Å²) in [7, 11) is 3.22. The topological polar surface area (TPSA) is 44.1 Å². The van der Waals surface area contributed by atoms with Gasteiger partial charge >= 0.3 is 5.97 Å². The number of esters is 1. The van der Waals surface area contributed by atoms with Gasteiger partial charge in [0.1, 0.15) is 17.3 Å². The predicted octanol–water partition coefficient (Wildman–Crippen LogP) is 3.16. The van der Waals surface area contributed by atoms with Crippen molar-refractivity contribution < 1.29 is 13.9 Å². The summed E-state index contributed by atoms with van der Waals surface area (Å²) >= 11 is 0. The van der Waals surface area contributed by atoms with Crippen LogP contribution >= 0.6 is 0 Å². The van der Waals surface area contributed by atoms with Crippen molar-refractivity contribution in [2.24, 2.45) is 13.0 Å². The van der Waals surface area contributed by atoms with Gasteiger partial charge in [0.2, 0.25) is 0 Å². The van der Waals surface area contributed by atoms with E-state index < -0.39 is 5.92 Å². The van der Waals surface area contributed by atoms with Gasteiger partial charge in [0, 0.05) is 7.05 Å². The first-order valence-electron chi connectivity index (χ1n) is 7.32. The van der Waals surface area contributed by atoms with Crippen LogP contribution in [0, 0.1) is 11.7 Å². The van der Waals surface area contributed by atoms with Crippen LogP contribution in [-0.4, -0.2) is 22.6 Å². The molecule has 4 nitrogen and oxygen atoms in total. The van der Waals surface area contributed by atoms with Gasteiger partial charge in [-0.3, -0.25) is 4.79 Å². The van der Waals surface area contributed by atoms with Crippen molar-refractivity contribution in [2.75, 3.05) is 7.11 Å². The fourth-order valence-corrected chi connectivity index (χ4v) is 3.40. The minimum atomic E-state index is -0.408. The van der Waals surface area contributed by atoms with Crippen LogP contribution in [0.2, 0.25) is 0 Å². The minimum absolute atomic E-state index is 0.232. The maximum atomic E-state index is 13.9. The SMILES string of the molecule is COC(=O)C(c1nc2c(F)cccc2n1C)C1CCCC1.